The van der Waals surface area contributed by atoms with Gasteiger partial charge in [0.05, 0.1) is 18.6 Å². The molecule has 98 valence electrons. The van der Waals surface area contributed by atoms with E-state index >= 15 is 0 Å². The zero-order valence-electron chi connectivity index (χ0n) is 11.0. The molecule has 0 aliphatic carbocycles. The summed E-state index contributed by atoms with van der Waals surface area (Å²) in [6.45, 7) is 7.45. The van der Waals surface area contributed by atoms with Gasteiger partial charge in [-0.15, -0.1) is 11.6 Å². The number of pyridine rings is 1. The number of halogens is 1. The van der Waals surface area contributed by atoms with Crippen molar-refractivity contribution in [2.45, 2.75) is 39.3 Å². The topological polar surface area (TPSA) is 39.9 Å². The fourth-order valence-electron chi connectivity index (χ4n) is 1.90. The maximum atomic E-state index is 5.95. The third-order valence-electron chi connectivity index (χ3n) is 2.80. The van der Waals surface area contributed by atoms with Crippen LogP contribution < -0.4 is 0 Å². The minimum Gasteiger partial charge on any atom is -0.377 e. The highest BCUT2D eigenvalue weighted by Gasteiger charge is 2.12. The van der Waals surface area contributed by atoms with E-state index in [9.17, 15) is 0 Å². The summed E-state index contributed by atoms with van der Waals surface area (Å²) in [5.41, 5.74) is 2.94. The summed E-state index contributed by atoms with van der Waals surface area (Å²) in [5.74, 6) is 1.23. The second-order valence-corrected chi connectivity index (χ2v) is 4.80. The second kappa shape index (κ2) is 5.67. The van der Waals surface area contributed by atoms with Gasteiger partial charge in [-0.25, -0.2) is 9.97 Å². The standard InChI is InChI=1S/C13H18ClN3O/c1-9(2)18-7-6-17-11(8-14)16-12-10(3)4-5-15-13(12)17/h4-5,9H,6-8H2,1-3H3. The van der Waals surface area contributed by atoms with E-state index < -0.39 is 0 Å². The molecule has 0 atom stereocenters. The first-order valence-corrected chi connectivity index (χ1v) is 6.65. The number of ether oxygens (including phenoxy) is 1. The number of aryl methyl sites for hydroxylation is 1. The number of hydrogen-bond donors (Lipinski definition) is 0. The van der Waals surface area contributed by atoms with Crippen molar-refractivity contribution in [1.29, 1.82) is 0 Å². The van der Waals surface area contributed by atoms with Gasteiger partial charge in [0.25, 0.3) is 0 Å². The lowest BCUT2D eigenvalue weighted by Gasteiger charge is -2.10. The van der Waals surface area contributed by atoms with Crippen molar-refractivity contribution < 1.29 is 4.74 Å². The summed E-state index contributed by atoms with van der Waals surface area (Å²) in [5, 5.41) is 0. The van der Waals surface area contributed by atoms with Crippen LogP contribution in [-0.2, 0) is 17.2 Å². The van der Waals surface area contributed by atoms with Crippen LogP contribution >= 0.6 is 11.6 Å². The second-order valence-electron chi connectivity index (χ2n) is 4.53. The van der Waals surface area contributed by atoms with Gasteiger partial charge >= 0.3 is 0 Å². The van der Waals surface area contributed by atoms with Gasteiger partial charge in [0.15, 0.2) is 5.65 Å². The van der Waals surface area contributed by atoms with Crippen molar-refractivity contribution >= 4 is 22.8 Å². The Morgan fingerprint density at radius 2 is 2.22 bits per heavy atom. The predicted octanol–water partition coefficient (Wildman–Crippen LogP) is 2.90. The first-order chi connectivity index (χ1) is 8.63. The van der Waals surface area contributed by atoms with Gasteiger partial charge in [0.2, 0.25) is 0 Å². The summed E-state index contributed by atoms with van der Waals surface area (Å²) in [6, 6.07) is 1.96. The Balaban J connectivity index is 2.32. The predicted molar refractivity (Wildman–Crippen MR) is 72.9 cm³/mol. The summed E-state index contributed by atoms with van der Waals surface area (Å²) in [7, 11) is 0. The Morgan fingerprint density at radius 3 is 2.89 bits per heavy atom. The molecule has 0 amide bonds. The first-order valence-electron chi connectivity index (χ1n) is 6.11. The molecule has 0 fully saturated rings. The Morgan fingerprint density at radius 1 is 1.44 bits per heavy atom. The van der Waals surface area contributed by atoms with Gasteiger partial charge < -0.3 is 9.30 Å². The molecule has 0 unspecified atom stereocenters. The number of aromatic nitrogens is 3. The maximum Gasteiger partial charge on any atom is 0.160 e. The van der Waals surface area contributed by atoms with Crippen LogP contribution in [0.1, 0.15) is 25.2 Å². The molecule has 0 spiro atoms. The number of imidazole rings is 1. The van der Waals surface area contributed by atoms with E-state index in [2.05, 4.69) is 9.97 Å². The molecule has 2 aromatic rings. The Kier molecular flexibility index (Phi) is 4.19. The van der Waals surface area contributed by atoms with Crippen LogP contribution in [0.15, 0.2) is 12.3 Å². The molecule has 0 saturated heterocycles. The van der Waals surface area contributed by atoms with E-state index in [1.165, 1.54) is 0 Å². The Hall–Kier alpha value is -1.13. The minimum absolute atomic E-state index is 0.230. The molecule has 2 heterocycles. The minimum atomic E-state index is 0.230. The third-order valence-corrected chi connectivity index (χ3v) is 3.04. The van der Waals surface area contributed by atoms with Crippen LogP contribution in [0.3, 0.4) is 0 Å². The molecule has 0 aliphatic heterocycles. The molecule has 0 bridgehead atoms. The normalized spacial score (nSPS) is 11.6. The lowest BCUT2D eigenvalue weighted by atomic mass is 10.3. The fraction of sp³-hybridized carbons (Fsp3) is 0.538. The summed E-state index contributed by atoms with van der Waals surface area (Å²) < 4.78 is 7.61. The smallest absolute Gasteiger partial charge is 0.160 e. The number of nitrogens with zero attached hydrogens (tertiary/aromatic N) is 3. The molecule has 0 saturated carbocycles. The first kappa shape index (κ1) is 13.3. The highest BCUT2D eigenvalue weighted by molar-refractivity contribution is 6.16. The molecular formula is C13H18ClN3O. The van der Waals surface area contributed by atoms with E-state index in [1.807, 2.05) is 31.4 Å². The zero-order valence-corrected chi connectivity index (χ0v) is 11.7. The molecule has 0 aromatic carbocycles. The van der Waals surface area contributed by atoms with E-state index in [4.69, 9.17) is 16.3 Å². The number of hydrogen-bond acceptors (Lipinski definition) is 3. The van der Waals surface area contributed by atoms with Crippen molar-refractivity contribution in [1.82, 2.24) is 14.5 Å². The summed E-state index contributed by atoms with van der Waals surface area (Å²) in [4.78, 5) is 8.94. The van der Waals surface area contributed by atoms with E-state index in [-0.39, 0.29) is 6.10 Å². The average molecular weight is 268 g/mol. The van der Waals surface area contributed by atoms with Crippen LogP contribution in [0.25, 0.3) is 11.2 Å². The monoisotopic (exact) mass is 267 g/mol. The van der Waals surface area contributed by atoms with Crippen molar-refractivity contribution in [2.75, 3.05) is 6.61 Å². The zero-order chi connectivity index (χ0) is 13.1. The van der Waals surface area contributed by atoms with E-state index in [0.29, 0.717) is 12.5 Å². The Labute approximate surface area is 112 Å². The Bertz CT molecular complexity index is 536. The quantitative estimate of drug-likeness (QED) is 0.782. The largest absolute Gasteiger partial charge is 0.377 e. The maximum absolute atomic E-state index is 5.95. The molecule has 0 radical (unpaired) electrons. The highest BCUT2D eigenvalue weighted by Crippen LogP contribution is 2.18. The molecule has 0 N–H and O–H groups in total. The molecule has 5 heteroatoms. The van der Waals surface area contributed by atoms with Crippen LogP contribution in [0.2, 0.25) is 0 Å². The van der Waals surface area contributed by atoms with Crippen LogP contribution in [0.4, 0.5) is 0 Å². The van der Waals surface area contributed by atoms with Gasteiger partial charge in [0, 0.05) is 12.7 Å². The average Bonchev–Trinajstić information content (AvgIpc) is 2.69. The van der Waals surface area contributed by atoms with Gasteiger partial charge in [0.1, 0.15) is 11.3 Å². The number of alkyl halides is 1. The van der Waals surface area contributed by atoms with Crippen LogP contribution in [0.5, 0.6) is 0 Å². The van der Waals surface area contributed by atoms with Crippen molar-refractivity contribution in [3.8, 4) is 0 Å². The van der Waals surface area contributed by atoms with Crippen molar-refractivity contribution in [3.63, 3.8) is 0 Å². The summed E-state index contributed by atoms with van der Waals surface area (Å²) in [6.07, 6.45) is 2.03. The van der Waals surface area contributed by atoms with Crippen LogP contribution in [0, 0.1) is 6.92 Å². The molecule has 4 nitrogen and oxygen atoms in total. The SMILES string of the molecule is Cc1ccnc2c1nc(CCl)n2CCOC(C)C. The van der Waals surface area contributed by atoms with Gasteiger partial charge in [-0.05, 0) is 32.4 Å². The lowest BCUT2D eigenvalue weighted by Crippen LogP contribution is -2.12. The molecule has 2 rings (SSSR count). The number of fused-ring (bicyclic) bond motifs is 1. The molecule has 0 aliphatic rings. The number of rotatable bonds is 5. The van der Waals surface area contributed by atoms with Crippen LogP contribution in [-0.4, -0.2) is 27.2 Å². The molecule has 2 aromatic heterocycles. The van der Waals surface area contributed by atoms with E-state index in [1.54, 1.807) is 6.20 Å². The van der Waals surface area contributed by atoms with E-state index in [0.717, 1.165) is 29.1 Å². The van der Waals surface area contributed by atoms with Gasteiger partial charge in [-0.3, -0.25) is 0 Å². The highest BCUT2D eigenvalue weighted by atomic mass is 35.5. The fourth-order valence-corrected chi connectivity index (χ4v) is 2.10. The third kappa shape index (κ3) is 2.65. The van der Waals surface area contributed by atoms with Crippen molar-refractivity contribution in [2.24, 2.45) is 0 Å². The summed E-state index contributed by atoms with van der Waals surface area (Å²) >= 11 is 5.95. The van der Waals surface area contributed by atoms with Gasteiger partial charge in [-0.1, -0.05) is 0 Å². The van der Waals surface area contributed by atoms with Crippen molar-refractivity contribution in [3.05, 3.63) is 23.7 Å². The molecule has 18 heavy (non-hydrogen) atoms. The van der Waals surface area contributed by atoms with Gasteiger partial charge in [-0.2, -0.15) is 0 Å². The molecular weight excluding hydrogens is 250 g/mol. The lowest BCUT2D eigenvalue weighted by molar-refractivity contribution is 0.0729.